The number of hydrogen-bond donors (Lipinski definition) is 1. The van der Waals surface area contributed by atoms with Crippen LogP contribution in [0.3, 0.4) is 0 Å². The summed E-state index contributed by atoms with van der Waals surface area (Å²) in [7, 11) is 0. The molecule has 1 aliphatic rings. The number of pyridine rings is 1. The molecule has 2 rings (SSSR count). The zero-order valence-corrected chi connectivity index (χ0v) is 11.8. The molecule has 1 aromatic heterocycles. The number of nitrogens with zero attached hydrogens (tertiary/aromatic N) is 1. The van der Waals surface area contributed by atoms with Gasteiger partial charge in [0.2, 0.25) is 0 Å². The molecule has 2 heterocycles. The standard InChI is InChI=1S/C13H18Cl2N2O/c14-9-7-11(15)13(17-8-9)12(16)5-1-3-10-4-2-6-18-10/h7-8,10,12H,1-6,16H2. The Morgan fingerprint density at radius 2 is 2.33 bits per heavy atom. The van der Waals surface area contributed by atoms with Gasteiger partial charge in [0.1, 0.15) is 0 Å². The lowest BCUT2D eigenvalue weighted by Gasteiger charge is -2.14. The normalized spacial score (nSPS) is 21.2. The number of hydrogen-bond acceptors (Lipinski definition) is 3. The number of aromatic nitrogens is 1. The van der Waals surface area contributed by atoms with Crippen LogP contribution in [0.1, 0.15) is 43.8 Å². The van der Waals surface area contributed by atoms with E-state index in [1.54, 1.807) is 12.3 Å². The zero-order chi connectivity index (χ0) is 13.0. The van der Waals surface area contributed by atoms with Crippen molar-refractivity contribution < 1.29 is 4.74 Å². The molecule has 2 unspecified atom stereocenters. The highest BCUT2D eigenvalue weighted by Crippen LogP contribution is 2.26. The third kappa shape index (κ3) is 3.82. The minimum Gasteiger partial charge on any atom is -0.378 e. The van der Waals surface area contributed by atoms with Gasteiger partial charge in [-0.25, -0.2) is 0 Å². The Balaban J connectivity index is 1.81. The van der Waals surface area contributed by atoms with E-state index in [2.05, 4.69) is 4.98 Å². The molecule has 1 fully saturated rings. The summed E-state index contributed by atoms with van der Waals surface area (Å²) >= 11 is 11.9. The summed E-state index contributed by atoms with van der Waals surface area (Å²) in [6.45, 7) is 0.904. The largest absolute Gasteiger partial charge is 0.378 e. The molecule has 1 aromatic rings. The monoisotopic (exact) mass is 288 g/mol. The van der Waals surface area contributed by atoms with E-state index in [-0.39, 0.29) is 6.04 Å². The van der Waals surface area contributed by atoms with Gasteiger partial charge in [0, 0.05) is 18.8 Å². The maximum absolute atomic E-state index is 6.10. The SMILES string of the molecule is NC(CCCC1CCCO1)c1ncc(Cl)cc1Cl. The first-order valence-corrected chi connectivity index (χ1v) is 7.10. The Labute approximate surface area is 118 Å². The van der Waals surface area contributed by atoms with Crippen molar-refractivity contribution in [1.82, 2.24) is 4.98 Å². The van der Waals surface area contributed by atoms with Gasteiger partial charge in [0.15, 0.2) is 0 Å². The minimum atomic E-state index is -0.129. The quantitative estimate of drug-likeness (QED) is 0.898. The fourth-order valence-electron chi connectivity index (χ4n) is 2.27. The molecule has 0 bridgehead atoms. The van der Waals surface area contributed by atoms with Gasteiger partial charge in [0.05, 0.1) is 21.8 Å². The van der Waals surface area contributed by atoms with Crippen LogP contribution in [0.4, 0.5) is 0 Å². The van der Waals surface area contributed by atoms with Crippen LogP contribution in [-0.4, -0.2) is 17.7 Å². The van der Waals surface area contributed by atoms with Crippen LogP contribution < -0.4 is 5.73 Å². The van der Waals surface area contributed by atoms with E-state index in [0.29, 0.717) is 16.1 Å². The molecule has 0 radical (unpaired) electrons. The second-order valence-corrected chi connectivity index (χ2v) is 5.54. The number of halogens is 2. The summed E-state index contributed by atoms with van der Waals surface area (Å²) in [4.78, 5) is 4.21. The number of nitrogens with two attached hydrogens (primary N) is 1. The molecule has 100 valence electrons. The molecule has 1 saturated heterocycles. The van der Waals surface area contributed by atoms with Gasteiger partial charge in [-0.2, -0.15) is 0 Å². The summed E-state index contributed by atoms with van der Waals surface area (Å²) in [5.74, 6) is 0. The molecule has 3 nitrogen and oxygen atoms in total. The predicted octanol–water partition coefficient (Wildman–Crippen LogP) is 3.74. The average molecular weight is 289 g/mol. The van der Waals surface area contributed by atoms with Gasteiger partial charge >= 0.3 is 0 Å². The van der Waals surface area contributed by atoms with E-state index >= 15 is 0 Å². The first kappa shape index (κ1) is 14.1. The van der Waals surface area contributed by atoms with E-state index in [1.165, 1.54) is 12.8 Å². The number of ether oxygens (including phenoxy) is 1. The van der Waals surface area contributed by atoms with Crippen molar-refractivity contribution in [2.75, 3.05) is 6.61 Å². The average Bonchev–Trinajstić information content (AvgIpc) is 2.81. The van der Waals surface area contributed by atoms with Crippen LogP contribution >= 0.6 is 23.2 Å². The molecule has 0 spiro atoms. The van der Waals surface area contributed by atoms with E-state index in [9.17, 15) is 0 Å². The Morgan fingerprint density at radius 3 is 3.00 bits per heavy atom. The summed E-state index contributed by atoms with van der Waals surface area (Å²) in [6.07, 6.45) is 7.34. The topological polar surface area (TPSA) is 48.1 Å². The van der Waals surface area contributed by atoms with Crippen LogP contribution in [0.15, 0.2) is 12.3 Å². The summed E-state index contributed by atoms with van der Waals surface area (Å²) in [5, 5.41) is 1.09. The van der Waals surface area contributed by atoms with Crippen LogP contribution in [-0.2, 0) is 4.74 Å². The molecule has 18 heavy (non-hydrogen) atoms. The first-order chi connectivity index (χ1) is 8.66. The van der Waals surface area contributed by atoms with E-state index in [0.717, 1.165) is 31.6 Å². The third-order valence-electron chi connectivity index (χ3n) is 3.25. The Bertz CT molecular complexity index is 395. The van der Waals surface area contributed by atoms with E-state index < -0.39 is 0 Å². The summed E-state index contributed by atoms with van der Waals surface area (Å²) in [6, 6.07) is 1.56. The predicted molar refractivity (Wildman–Crippen MR) is 74.0 cm³/mol. The fourth-order valence-corrected chi connectivity index (χ4v) is 2.79. The molecular weight excluding hydrogens is 271 g/mol. The van der Waals surface area contributed by atoms with Crippen molar-refractivity contribution in [3.63, 3.8) is 0 Å². The summed E-state index contributed by atoms with van der Waals surface area (Å²) in [5.41, 5.74) is 6.83. The van der Waals surface area contributed by atoms with Gasteiger partial charge in [0.25, 0.3) is 0 Å². The van der Waals surface area contributed by atoms with Gasteiger partial charge in [-0.15, -0.1) is 0 Å². The fraction of sp³-hybridized carbons (Fsp3) is 0.615. The molecule has 0 saturated carbocycles. The second-order valence-electron chi connectivity index (χ2n) is 4.69. The Kier molecular flexibility index (Phi) is 5.25. The highest BCUT2D eigenvalue weighted by molar-refractivity contribution is 6.34. The summed E-state index contributed by atoms with van der Waals surface area (Å²) < 4.78 is 5.58. The maximum atomic E-state index is 6.10. The molecule has 0 aromatic carbocycles. The Hall–Kier alpha value is -0.350. The lowest BCUT2D eigenvalue weighted by atomic mass is 10.0. The van der Waals surface area contributed by atoms with Gasteiger partial charge < -0.3 is 10.5 Å². The molecule has 2 N–H and O–H groups in total. The first-order valence-electron chi connectivity index (χ1n) is 6.35. The molecular formula is C13H18Cl2N2O. The molecule has 5 heteroatoms. The van der Waals surface area contributed by atoms with Crippen molar-refractivity contribution in [3.8, 4) is 0 Å². The van der Waals surface area contributed by atoms with Crippen LogP contribution in [0.2, 0.25) is 10.0 Å². The highest BCUT2D eigenvalue weighted by atomic mass is 35.5. The van der Waals surface area contributed by atoms with E-state index in [1.807, 2.05) is 0 Å². The van der Waals surface area contributed by atoms with Gasteiger partial charge in [-0.05, 0) is 38.2 Å². The van der Waals surface area contributed by atoms with Crippen molar-refractivity contribution in [2.24, 2.45) is 5.73 Å². The zero-order valence-electron chi connectivity index (χ0n) is 10.2. The third-order valence-corrected chi connectivity index (χ3v) is 3.76. The lowest BCUT2D eigenvalue weighted by molar-refractivity contribution is 0.101. The van der Waals surface area contributed by atoms with E-state index in [4.69, 9.17) is 33.7 Å². The second kappa shape index (κ2) is 6.71. The van der Waals surface area contributed by atoms with Gasteiger partial charge in [-0.3, -0.25) is 4.98 Å². The van der Waals surface area contributed by atoms with Crippen molar-refractivity contribution in [1.29, 1.82) is 0 Å². The lowest BCUT2D eigenvalue weighted by Crippen LogP contribution is -2.14. The smallest absolute Gasteiger partial charge is 0.0757 e. The van der Waals surface area contributed by atoms with Crippen molar-refractivity contribution >= 4 is 23.2 Å². The minimum absolute atomic E-state index is 0.129. The van der Waals surface area contributed by atoms with Crippen molar-refractivity contribution in [2.45, 2.75) is 44.2 Å². The highest BCUT2D eigenvalue weighted by Gasteiger charge is 2.17. The number of rotatable bonds is 5. The molecule has 0 aliphatic carbocycles. The van der Waals surface area contributed by atoms with Crippen LogP contribution in [0, 0.1) is 0 Å². The molecule has 2 atom stereocenters. The molecule has 0 amide bonds. The Morgan fingerprint density at radius 1 is 1.50 bits per heavy atom. The maximum Gasteiger partial charge on any atom is 0.0757 e. The van der Waals surface area contributed by atoms with Gasteiger partial charge in [-0.1, -0.05) is 23.2 Å². The van der Waals surface area contributed by atoms with Crippen LogP contribution in [0.25, 0.3) is 0 Å². The molecule has 1 aliphatic heterocycles. The van der Waals surface area contributed by atoms with Crippen molar-refractivity contribution in [3.05, 3.63) is 28.0 Å². The van der Waals surface area contributed by atoms with Crippen LogP contribution in [0.5, 0.6) is 0 Å².